The van der Waals surface area contributed by atoms with Crippen LogP contribution < -0.4 is 5.32 Å². The Morgan fingerprint density at radius 2 is 2.33 bits per heavy atom. The summed E-state index contributed by atoms with van der Waals surface area (Å²) in [5.74, 6) is 0. The molecular formula is C11H18BrNOS. The SMILES string of the molecule is Cc1sc(CNC(C)CCCO)cc1Br. The standard InChI is InChI=1S/C11H18BrNOS/c1-8(4-3-5-14)13-7-10-6-11(12)9(2)15-10/h6,8,13-14H,3-5,7H2,1-2H3. The lowest BCUT2D eigenvalue weighted by atomic mass is 10.2. The van der Waals surface area contributed by atoms with E-state index in [1.165, 1.54) is 14.2 Å². The van der Waals surface area contributed by atoms with Gasteiger partial charge in [0.2, 0.25) is 0 Å². The summed E-state index contributed by atoms with van der Waals surface area (Å²) >= 11 is 5.34. The summed E-state index contributed by atoms with van der Waals surface area (Å²) < 4.78 is 1.20. The predicted molar refractivity (Wildman–Crippen MR) is 69.4 cm³/mol. The summed E-state index contributed by atoms with van der Waals surface area (Å²) in [4.78, 5) is 2.69. The van der Waals surface area contributed by atoms with Crippen LogP contribution in [0.5, 0.6) is 0 Å². The number of halogens is 1. The third-order valence-electron chi connectivity index (χ3n) is 2.33. The molecule has 1 unspecified atom stereocenters. The lowest BCUT2D eigenvalue weighted by Gasteiger charge is -2.11. The Hall–Kier alpha value is 0.100. The van der Waals surface area contributed by atoms with Crippen molar-refractivity contribution in [3.05, 3.63) is 20.3 Å². The van der Waals surface area contributed by atoms with Gasteiger partial charge in [-0.2, -0.15) is 0 Å². The van der Waals surface area contributed by atoms with Gasteiger partial charge in [0.1, 0.15) is 0 Å². The van der Waals surface area contributed by atoms with Crippen molar-refractivity contribution in [2.24, 2.45) is 0 Å². The van der Waals surface area contributed by atoms with Crippen molar-refractivity contribution in [1.82, 2.24) is 5.32 Å². The van der Waals surface area contributed by atoms with E-state index in [1.54, 1.807) is 0 Å². The van der Waals surface area contributed by atoms with Crippen LogP contribution in [0.15, 0.2) is 10.5 Å². The van der Waals surface area contributed by atoms with Gasteiger partial charge < -0.3 is 10.4 Å². The fraction of sp³-hybridized carbons (Fsp3) is 0.636. The molecule has 2 N–H and O–H groups in total. The highest BCUT2D eigenvalue weighted by molar-refractivity contribution is 9.10. The molecule has 0 aromatic carbocycles. The third kappa shape index (κ3) is 4.64. The molecule has 1 aromatic rings. The minimum Gasteiger partial charge on any atom is -0.396 e. The van der Waals surface area contributed by atoms with E-state index >= 15 is 0 Å². The van der Waals surface area contributed by atoms with E-state index in [4.69, 9.17) is 5.11 Å². The monoisotopic (exact) mass is 291 g/mol. The Bertz CT molecular complexity index is 281. The summed E-state index contributed by atoms with van der Waals surface area (Å²) in [6.07, 6.45) is 1.91. The number of nitrogens with one attached hydrogen (secondary N) is 1. The van der Waals surface area contributed by atoms with Crippen molar-refractivity contribution in [2.75, 3.05) is 6.61 Å². The van der Waals surface area contributed by atoms with E-state index in [0.29, 0.717) is 6.04 Å². The molecule has 0 radical (unpaired) electrons. The van der Waals surface area contributed by atoms with Gasteiger partial charge in [-0.05, 0) is 48.7 Å². The van der Waals surface area contributed by atoms with Crippen molar-refractivity contribution in [2.45, 2.75) is 39.3 Å². The molecule has 1 atom stereocenters. The molecule has 1 aromatic heterocycles. The minimum absolute atomic E-state index is 0.287. The molecular weight excluding hydrogens is 274 g/mol. The Morgan fingerprint density at radius 3 is 2.87 bits per heavy atom. The molecule has 1 heterocycles. The zero-order valence-electron chi connectivity index (χ0n) is 9.22. The normalized spacial score (nSPS) is 13.1. The summed E-state index contributed by atoms with van der Waals surface area (Å²) in [7, 11) is 0. The summed E-state index contributed by atoms with van der Waals surface area (Å²) in [6.45, 7) is 5.48. The molecule has 0 fully saturated rings. The summed E-state index contributed by atoms with van der Waals surface area (Å²) in [5.41, 5.74) is 0. The highest BCUT2D eigenvalue weighted by Crippen LogP contribution is 2.26. The number of aryl methyl sites for hydroxylation is 1. The lowest BCUT2D eigenvalue weighted by molar-refractivity contribution is 0.276. The lowest BCUT2D eigenvalue weighted by Crippen LogP contribution is -2.25. The highest BCUT2D eigenvalue weighted by Gasteiger charge is 2.05. The molecule has 0 amide bonds. The first-order chi connectivity index (χ1) is 7.13. The van der Waals surface area contributed by atoms with E-state index in [-0.39, 0.29) is 6.61 Å². The Labute approximate surface area is 104 Å². The molecule has 2 nitrogen and oxygen atoms in total. The molecule has 15 heavy (non-hydrogen) atoms. The van der Waals surface area contributed by atoms with Gasteiger partial charge in [0.05, 0.1) is 0 Å². The Kier molecular flexibility index (Phi) is 5.82. The zero-order chi connectivity index (χ0) is 11.3. The van der Waals surface area contributed by atoms with Crippen molar-refractivity contribution in [3.8, 4) is 0 Å². The summed E-state index contributed by atoms with van der Waals surface area (Å²) in [6, 6.07) is 2.64. The van der Waals surface area contributed by atoms with Crippen molar-refractivity contribution in [3.63, 3.8) is 0 Å². The van der Waals surface area contributed by atoms with Crippen LogP contribution in [0.1, 0.15) is 29.5 Å². The maximum atomic E-state index is 8.71. The van der Waals surface area contributed by atoms with Crippen LogP contribution in [-0.2, 0) is 6.54 Å². The quantitative estimate of drug-likeness (QED) is 0.844. The highest BCUT2D eigenvalue weighted by atomic mass is 79.9. The van der Waals surface area contributed by atoms with Crippen LogP contribution in [0.4, 0.5) is 0 Å². The fourth-order valence-corrected chi connectivity index (χ4v) is 2.93. The molecule has 0 bridgehead atoms. The molecule has 0 saturated carbocycles. The number of aliphatic hydroxyl groups excluding tert-OH is 1. The molecule has 0 spiro atoms. The second kappa shape index (κ2) is 6.63. The number of hydrogen-bond acceptors (Lipinski definition) is 3. The number of aliphatic hydroxyl groups is 1. The zero-order valence-corrected chi connectivity index (χ0v) is 11.6. The van der Waals surface area contributed by atoms with E-state index < -0.39 is 0 Å². The van der Waals surface area contributed by atoms with E-state index in [2.05, 4.69) is 41.2 Å². The average molecular weight is 292 g/mol. The van der Waals surface area contributed by atoms with Crippen LogP contribution >= 0.6 is 27.3 Å². The molecule has 0 aliphatic heterocycles. The largest absolute Gasteiger partial charge is 0.396 e. The number of hydrogen-bond donors (Lipinski definition) is 2. The fourth-order valence-electron chi connectivity index (χ4n) is 1.38. The first-order valence-electron chi connectivity index (χ1n) is 5.22. The van der Waals surface area contributed by atoms with Crippen LogP contribution in [0, 0.1) is 6.92 Å². The van der Waals surface area contributed by atoms with Crippen molar-refractivity contribution >= 4 is 27.3 Å². The van der Waals surface area contributed by atoms with Gasteiger partial charge in [0, 0.05) is 33.4 Å². The van der Waals surface area contributed by atoms with Crippen LogP contribution in [0.2, 0.25) is 0 Å². The topological polar surface area (TPSA) is 32.3 Å². The van der Waals surface area contributed by atoms with Gasteiger partial charge in [-0.3, -0.25) is 0 Å². The molecule has 4 heteroatoms. The third-order valence-corrected chi connectivity index (χ3v) is 4.46. The minimum atomic E-state index is 0.287. The second-order valence-corrected chi connectivity index (χ2v) is 5.96. The maximum absolute atomic E-state index is 8.71. The van der Waals surface area contributed by atoms with Crippen LogP contribution in [0.25, 0.3) is 0 Å². The molecule has 0 aliphatic carbocycles. The first kappa shape index (κ1) is 13.2. The van der Waals surface area contributed by atoms with Gasteiger partial charge in [0.15, 0.2) is 0 Å². The molecule has 1 rings (SSSR count). The second-order valence-electron chi connectivity index (χ2n) is 3.76. The molecule has 86 valence electrons. The van der Waals surface area contributed by atoms with E-state index in [0.717, 1.165) is 19.4 Å². The maximum Gasteiger partial charge on any atom is 0.0431 e. The van der Waals surface area contributed by atoms with E-state index in [1.807, 2.05) is 11.3 Å². The van der Waals surface area contributed by atoms with Gasteiger partial charge in [-0.15, -0.1) is 11.3 Å². The summed E-state index contributed by atoms with van der Waals surface area (Å²) in [5, 5.41) is 12.2. The Morgan fingerprint density at radius 1 is 1.60 bits per heavy atom. The Balaban J connectivity index is 2.30. The smallest absolute Gasteiger partial charge is 0.0431 e. The van der Waals surface area contributed by atoms with E-state index in [9.17, 15) is 0 Å². The van der Waals surface area contributed by atoms with Crippen LogP contribution in [-0.4, -0.2) is 17.8 Å². The van der Waals surface area contributed by atoms with Crippen molar-refractivity contribution in [1.29, 1.82) is 0 Å². The van der Waals surface area contributed by atoms with Gasteiger partial charge >= 0.3 is 0 Å². The van der Waals surface area contributed by atoms with Crippen LogP contribution in [0.3, 0.4) is 0 Å². The predicted octanol–water partition coefficient (Wildman–Crippen LogP) is 3.07. The first-order valence-corrected chi connectivity index (χ1v) is 6.83. The van der Waals surface area contributed by atoms with Crippen molar-refractivity contribution < 1.29 is 5.11 Å². The number of rotatable bonds is 6. The van der Waals surface area contributed by atoms with Gasteiger partial charge in [-0.25, -0.2) is 0 Å². The van der Waals surface area contributed by atoms with Gasteiger partial charge in [-0.1, -0.05) is 0 Å². The van der Waals surface area contributed by atoms with Gasteiger partial charge in [0.25, 0.3) is 0 Å². The average Bonchev–Trinajstić information content (AvgIpc) is 2.52. The molecule has 0 aliphatic rings. The molecule has 0 saturated heterocycles. The number of thiophene rings is 1.